The van der Waals surface area contributed by atoms with Crippen LogP contribution < -0.4 is 10.2 Å². The van der Waals surface area contributed by atoms with Gasteiger partial charge in [-0.1, -0.05) is 35.9 Å². The third-order valence-corrected chi connectivity index (χ3v) is 4.63. The van der Waals surface area contributed by atoms with Gasteiger partial charge in [-0.25, -0.2) is 0 Å². The molecule has 6 heteroatoms. The Labute approximate surface area is 145 Å². The van der Waals surface area contributed by atoms with E-state index in [1.54, 1.807) is 6.20 Å². The van der Waals surface area contributed by atoms with Crippen LogP contribution in [0.4, 0.5) is 23.1 Å². The second-order valence-corrected chi connectivity index (χ2v) is 6.11. The Balaban J connectivity index is 1.64. The maximum absolute atomic E-state index is 6.17. The molecule has 0 amide bonds. The van der Waals surface area contributed by atoms with Crippen LogP contribution in [0.1, 0.15) is 11.1 Å². The number of anilines is 4. The predicted molar refractivity (Wildman–Crippen MR) is 96.5 cm³/mol. The Bertz CT molecular complexity index is 896. The van der Waals surface area contributed by atoms with Crippen LogP contribution in [0, 0.1) is 6.92 Å². The number of para-hydroxylation sites is 1. The molecule has 0 saturated heterocycles. The molecule has 0 fully saturated rings. The lowest BCUT2D eigenvalue weighted by Crippen LogP contribution is -2.16. The SMILES string of the molecule is Cc1c(Cl)cccc1Nc1nncc(N2CCc3ccccc32)n1. The third-order valence-electron chi connectivity index (χ3n) is 4.22. The van der Waals surface area contributed by atoms with Gasteiger partial charge in [-0.15, -0.1) is 5.10 Å². The van der Waals surface area contributed by atoms with Crippen LogP contribution in [0.15, 0.2) is 48.7 Å². The minimum absolute atomic E-state index is 0.460. The van der Waals surface area contributed by atoms with E-state index in [4.69, 9.17) is 11.6 Å². The van der Waals surface area contributed by atoms with E-state index in [0.717, 1.165) is 30.0 Å². The maximum Gasteiger partial charge on any atom is 0.249 e. The van der Waals surface area contributed by atoms with Crippen molar-refractivity contribution in [1.29, 1.82) is 0 Å². The Hall–Kier alpha value is -2.66. The van der Waals surface area contributed by atoms with E-state index in [0.29, 0.717) is 11.0 Å². The molecule has 0 atom stereocenters. The van der Waals surface area contributed by atoms with Crippen LogP contribution in [-0.4, -0.2) is 21.7 Å². The van der Waals surface area contributed by atoms with Gasteiger partial charge in [0.2, 0.25) is 5.95 Å². The summed E-state index contributed by atoms with van der Waals surface area (Å²) in [6.07, 6.45) is 2.70. The summed E-state index contributed by atoms with van der Waals surface area (Å²) in [6.45, 7) is 2.85. The van der Waals surface area contributed by atoms with E-state index < -0.39 is 0 Å². The molecule has 0 saturated carbocycles. The van der Waals surface area contributed by atoms with Crippen molar-refractivity contribution in [3.05, 3.63) is 64.8 Å². The highest BCUT2D eigenvalue weighted by molar-refractivity contribution is 6.31. The van der Waals surface area contributed by atoms with Gasteiger partial charge in [0, 0.05) is 22.9 Å². The van der Waals surface area contributed by atoms with Crippen LogP contribution in [0.3, 0.4) is 0 Å². The fraction of sp³-hybridized carbons (Fsp3) is 0.167. The summed E-state index contributed by atoms with van der Waals surface area (Å²) in [7, 11) is 0. The van der Waals surface area contributed by atoms with Crippen molar-refractivity contribution >= 4 is 34.7 Å². The molecule has 0 aliphatic carbocycles. The normalized spacial score (nSPS) is 13.0. The van der Waals surface area contributed by atoms with Gasteiger partial charge in [0.15, 0.2) is 5.82 Å². The lowest BCUT2D eigenvalue weighted by Gasteiger charge is -2.18. The van der Waals surface area contributed by atoms with Gasteiger partial charge < -0.3 is 10.2 Å². The number of aromatic nitrogens is 3. The molecule has 1 aromatic heterocycles. The molecular weight excluding hydrogens is 322 g/mol. The zero-order valence-corrected chi connectivity index (χ0v) is 14.0. The molecule has 1 aliphatic heterocycles. The van der Waals surface area contributed by atoms with E-state index in [9.17, 15) is 0 Å². The minimum atomic E-state index is 0.460. The molecule has 0 bridgehead atoms. The van der Waals surface area contributed by atoms with Crippen LogP contribution in [0.2, 0.25) is 5.02 Å². The molecule has 4 rings (SSSR count). The first-order valence-electron chi connectivity index (χ1n) is 7.80. The van der Waals surface area contributed by atoms with Gasteiger partial charge in [0.1, 0.15) is 0 Å². The van der Waals surface area contributed by atoms with Crippen molar-refractivity contribution in [2.75, 3.05) is 16.8 Å². The van der Waals surface area contributed by atoms with Crippen LogP contribution in [-0.2, 0) is 6.42 Å². The summed E-state index contributed by atoms with van der Waals surface area (Å²) in [4.78, 5) is 6.78. The van der Waals surface area contributed by atoms with Gasteiger partial charge in [-0.05, 0) is 42.7 Å². The van der Waals surface area contributed by atoms with Crippen molar-refractivity contribution in [2.24, 2.45) is 0 Å². The topological polar surface area (TPSA) is 53.9 Å². The molecule has 1 aliphatic rings. The van der Waals surface area contributed by atoms with E-state index >= 15 is 0 Å². The first kappa shape index (κ1) is 14.9. The molecule has 2 aromatic carbocycles. The van der Waals surface area contributed by atoms with Gasteiger partial charge >= 0.3 is 0 Å². The summed E-state index contributed by atoms with van der Waals surface area (Å²) < 4.78 is 0. The van der Waals surface area contributed by atoms with Gasteiger partial charge in [0.05, 0.1) is 6.20 Å². The molecule has 0 unspecified atom stereocenters. The fourth-order valence-electron chi connectivity index (χ4n) is 2.92. The van der Waals surface area contributed by atoms with Gasteiger partial charge in [-0.2, -0.15) is 10.1 Å². The highest BCUT2D eigenvalue weighted by atomic mass is 35.5. The fourth-order valence-corrected chi connectivity index (χ4v) is 3.09. The first-order valence-corrected chi connectivity index (χ1v) is 8.17. The summed E-state index contributed by atoms with van der Waals surface area (Å²) in [5, 5.41) is 12.1. The van der Waals surface area contributed by atoms with E-state index in [2.05, 4.69) is 43.6 Å². The molecule has 24 heavy (non-hydrogen) atoms. The van der Waals surface area contributed by atoms with Gasteiger partial charge in [0.25, 0.3) is 0 Å². The van der Waals surface area contributed by atoms with Crippen molar-refractivity contribution < 1.29 is 0 Å². The molecular formula is C18H16ClN5. The highest BCUT2D eigenvalue weighted by Gasteiger charge is 2.21. The van der Waals surface area contributed by atoms with Gasteiger partial charge in [-0.3, -0.25) is 0 Å². The molecule has 2 heterocycles. The third kappa shape index (κ3) is 2.67. The van der Waals surface area contributed by atoms with E-state index in [-0.39, 0.29) is 0 Å². The maximum atomic E-state index is 6.17. The monoisotopic (exact) mass is 337 g/mol. The van der Waals surface area contributed by atoms with E-state index in [1.165, 1.54) is 11.3 Å². The smallest absolute Gasteiger partial charge is 0.249 e. The van der Waals surface area contributed by atoms with Crippen LogP contribution >= 0.6 is 11.6 Å². The Kier molecular flexibility index (Phi) is 3.78. The number of halogens is 1. The zero-order chi connectivity index (χ0) is 16.5. The predicted octanol–water partition coefficient (Wildman–Crippen LogP) is 4.27. The average molecular weight is 338 g/mol. The molecule has 120 valence electrons. The minimum Gasteiger partial charge on any atom is -0.324 e. The number of hydrogen-bond donors (Lipinski definition) is 1. The molecule has 1 N–H and O–H groups in total. The lowest BCUT2D eigenvalue weighted by molar-refractivity contribution is 0.920. The quantitative estimate of drug-likeness (QED) is 0.773. The Morgan fingerprint density at radius 1 is 1.12 bits per heavy atom. The Morgan fingerprint density at radius 2 is 2.00 bits per heavy atom. The number of hydrogen-bond acceptors (Lipinski definition) is 5. The van der Waals surface area contributed by atoms with Crippen molar-refractivity contribution in [1.82, 2.24) is 15.2 Å². The molecule has 0 radical (unpaired) electrons. The first-order chi connectivity index (χ1) is 11.7. The van der Waals surface area contributed by atoms with Crippen molar-refractivity contribution in [3.8, 4) is 0 Å². The number of nitrogens with one attached hydrogen (secondary N) is 1. The average Bonchev–Trinajstić information content (AvgIpc) is 3.03. The lowest BCUT2D eigenvalue weighted by atomic mass is 10.2. The zero-order valence-electron chi connectivity index (χ0n) is 13.2. The number of fused-ring (bicyclic) bond motifs is 1. The summed E-state index contributed by atoms with van der Waals surface area (Å²) in [5.74, 6) is 1.25. The standard InChI is InChI=1S/C18H16ClN5/c1-12-14(19)6-4-7-15(12)21-18-22-17(11-20-23-18)24-10-9-13-5-2-3-8-16(13)24/h2-8,11H,9-10H2,1H3,(H,21,22,23). The number of rotatable bonds is 3. The van der Waals surface area contributed by atoms with Crippen LogP contribution in [0.25, 0.3) is 0 Å². The second kappa shape index (κ2) is 6.09. The summed E-state index contributed by atoms with van der Waals surface area (Å²) in [5.41, 5.74) is 4.35. The molecule has 3 aromatic rings. The van der Waals surface area contributed by atoms with Crippen LogP contribution in [0.5, 0.6) is 0 Å². The second-order valence-electron chi connectivity index (χ2n) is 5.71. The van der Waals surface area contributed by atoms with Crippen molar-refractivity contribution in [2.45, 2.75) is 13.3 Å². The highest BCUT2D eigenvalue weighted by Crippen LogP contribution is 2.33. The largest absolute Gasteiger partial charge is 0.324 e. The van der Waals surface area contributed by atoms with E-state index in [1.807, 2.05) is 31.2 Å². The summed E-state index contributed by atoms with van der Waals surface area (Å²) >= 11 is 6.17. The summed E-state index contributed by atoms with van der Waals surface area (Å²) in [6, 6.07) is 14.1. The number of nitrogens with zero attached hydrogens (tertiary/aromatic N) is 4. The number of benzene rings is 2. The molecule has 5 nitrogen and oxygen atoms in total. The molecule has 0 spiro atoms. The van der Waals surface area contributed by atoms with Crippen molar-refractivity contribution in [3.63, 3.8) is 0 Å². The Morgan fingerprint density at radius 3 is 2.92 bits per heavy atom.